The number of rotatable bonds is 5. The molecule has 0 aliphatic heterocycles. The van der Waals surface area contributed by atoms with Crippen LogP contribution in [0, 0.1) is 16.0 Å². The molecular weight excluding hydrogens is 302 g/mol. The lowest BCUT2D eigenvalue weighted by Gasteiger charge is -2.09. The van der Waals surface area contributed by atoms with Crippen LogP contribution in [-0.2, 0) is 4.79 Å². The zero-order valence-corrected chi connectivity index (χ0v) is 11.4. The van der Waals surface area contributed by atoms with E-state index in [0.29, 0.717) is 11.0 Å². The van der Waals surface area contributed by atoms with E-state index in [-0.39, 0.29) is 29.6 Å². The maximum Gasteiger partial charge on any atom is 0.293 e. The summed E-state index contributed by atoms with van der Waals surface area (Å²) < 4.78 is 0.586. The minimum atomic E-state index is -0.535. The lowest BCUT2D eigenvalue weighted by Crippen LogP contribution is -2.20. The van der Waals surface area contributed by atoms with Crippen molar-refractivity contribution in [3.8, 4) is 0 Å². The first-order valence-electron chi connectivity index (χ1n) is 5.38. The molecule has 18 heavy (non-hydrogen) atoms. The summed E-state index contributed by atoms with van der Waals surface area (Å²) in [7, 11) is 0. The molecular formula is C11H14BrN3O3. The lowest BCUT2D eigenvalue weighted by molar-refractivity contribution is -0.384. The van der Waals surface area contributed by atoms with Gasteiger partial charge in [0.25, 0.3) is 5.69 Å². The Morgan fingerprint density at radius 1 is 1.61 bits per heavy atom. The van der Waals surface area contributed by atoms with Gasteiger partial charge in [-0.1, -0.05) is 22.9 Å². The molecule has 1 atom stereocenters. The van der Waals surface area contributed by atoms with E-state index in [1.807, 2.05) is 6.92 Å². The van der Waals surface area contributed by atoms with Gasteiger partial charge in [0.05, 0.1) is 4.92 Å². The number of amides is 1. The van der Waals surface area contributed by atoms with Crippen LogP contribution in [0.5, 0.6) is 0 Å². The van der Waals surface area contributed by atoms with Gasteiger partial charge in [0.1, 0.15) is 5.69 Å². The minimum absolute atomic E-state index is 0.0412. The molecule has 0 spiro atoms. The number of carbonyl (C=O) groups excluding carboxylic acids is 1. The van der Waals surface area contributed by atoms with Crippen LogP contribution in [-0.4, -0.2) is 17.4 Å². The molecule has 0 aromatic heterocycles. The molecule has 7 heteroatoms. The van der Waals surface area contributed by atoms with Gasteiger partial charge in [-0.25, -0.2) is 0 Å². The van der Waals surface area contributed by atoms with Crippen LogP contribution in [0.15, 0.2) is 22.7 Å². The van der Waals surface area contributed by atoms with Crippen molar-refractivity contribution in [3.63, 3.8) is 0 Å². The third-order valence-corrected chi connectivity index (χ3v) is 2.86. The van der Waals surface area contributed by atoms with E-state index in [9.17, 15) is 14.9 Å². The second kappa shape index (κ2) is 6.46. The Hall–Kier alpha value is -1.47. The van der Waals surface area contributed by atoms with E-state index in [1.54, 1.807) is 6.07 Å². The van der Waals surface area contributed by atoms with Crippen molar-refractivity contribution in [3.05, 3.63) is 32.8 Å². The van der Waals surface area contributed by atoms with Crippen molar-refractivity contribution in [2.75, 3.05) is 11.9 Å². The van der Waals surface area contributed by atoms with E-state index in [0.717, 1.165) is 0 Å². The molecule has 6 nitrogen and oxygen atoms in total. The molecule has 0 aliphatic rings. The van der Waals surface area contributed by atoms with Gasteiger partial charge in [-0.2, -0.15) is 0 Å². The van der Waals surface area contributed by atoms with Crippen molar-refractivity contribution < 1.29 is 9.72 Å². The molecule has 0 aliphatic carbocycles. The van der Waals surface area contributed by atoms with Crippen LogP contribution in [0.25, 0.3) is 0 Å². The van der Waals surface area contributed by atoms with Crippen molar-refractivity contribution in [1.82, 2.24) is 0 Å². The molecule has 0 saturated carbocycles. The predicted octanol–water partition coefficient (Wildman–Crippen LogP) is 2.28. The number of anilines is 1. The monoisotopic (exact) mass is 315 g/mol. The smallest absolute Gasteiger partial charge is 0.293 e. The fraction of sp³-hybridized carbons (Fsp3) is 0.364. The Morgan fingerprint density at radius 2 is 2.28 bits per heavy atom. The molecule has 98 valence electrons. The normalized spacial score (nSPS) is 11.9. The summed E-state index contributed by atoms with van der Waals surface area (Å²) in [5.74, 6) is -0.238. The van der Waals surface area contributed by atoms with Gasteiger partial charge in [-0.3, -0.25) is 14.9 Å². The number of hydrogen-bond acceptors (Lipinski definition) is 4. The standard InChI is InChI=1S/C11H14BrN3O3/c1-7(6-13)4-11(16)14-9-3-2-8(12)5-10(9)15(17)18/h2-3,5,7H,4,6,13H2,1H3,(H,14,16). The maximum absolute atomic E-state index is 11.6. The average molecular weight is 316 g/mol. The summed E-state index contributed by atoms with van der Waals surface area (Å²) in [5.41, 5.74) is 5.47. The number of carbonyl (C=O) groups is 1. The molecule has 0 heterocycles. The predicted molar refractivity (Wildman–Crippen MR) is 72.3 cm³/mol. The van der Waals surface area contributed by atoms with Gasteiger partial charge in [-0.05, 0) is 24.6 Å². The second-order valence-electron chi connectivity index (χ2n) is 4.01. The highest BCUT2D eigenvalue weighted by Gasteiger charge is 2.17. The fourth-order valence-electron chi connectivity index (χ4n) is 1.36. The fourth-order valence-corrected chi connectivity index (χ4v) is 1.71. The van der Waals surface area contributed by atoms with E-state index >= 15 is 0 Å². The molecule has 0 radical (unpaired) electrons. The zero-order chi connectivity index (χ0) is 13.7. The van der Waals surface area contributed by atoms with E-state index in [1.165, 1.54) is 12.1 Å². The topological polar surface area (TPSA) is 98.3 Å². The van der Waals surface area contributed by atoms with E-state index < -0.39 is 4.92 Å². The lowest BCUT2D eigenvalue weighted by atomic mass is 10.1. The Labute approximate surface area is 113 Å². The summed E-state index contributed by atoms with van der Waals surface area (Å²) in [6, 6.07) is 4.48. The van der Waals surface area contributed by atoms with Gasteiger partial charge in [0.2, 0.25) is 5.91 Å². The molecule has 1 aromatic rings. The molecule has 3 N–H and O–H groups in total. The Kier molecular flexibility index (Phi) is 5.24. The van der Waals surface area contributed by atoms with Gasteiger partial charge in [0.15, 0.2) is 0 Å². The van der Waals surface area contributed by atoms with Crippen LogP contribution in [0.1, 0.15) is 13.3 Å². The van der Waals surface area contributed by atoms with Crippen molar-refractivity contribution in [1.29, 1.82) is 0 Å². The first-order valence-corrected chi connectivity index (χ1v) is 6.17. The summed E-state index contributed by atoms with van der Waals surface area (Å²) >= 11 is 3.15. The maximum atomic E-state index is 11.6. The highest BCUT2D eigenvalue weighted by atomic mass is 79.9. The Balaban J connectivity index is 2.84. The molecule has 0 saturated heterocycles. The number of nitrogens with zero attached hydrogens (tertiary/aromatic N) is 1. The SMILES string of the molecule is CC(CN)CC(=O)Nc1ccc(Br)cc1[N+](=O)[O-]. The Bertz CT molecular complexity index is 465. The number of nitro groups is 1. The molecule has 1 amide bonds. The number of nitrogens with two attached hydrogens (primary N) is 1. The van der Waals surface area contributed by atoms with E-state index in [2.05, 4.69) is 21.2 Å². The molecule has 0 fully saturated rings. The van der Waals surface area contributed by atoms with E-state index in [4.69, 9.17) is 5.73 Å². The van der Waals surface area contributed by atoms with Crippen molar-refractivity contribution in [2.24, 2.45) is 11.7 Å². The number of nitro benzene ring substituents is 1. The second-order valence-corrected chi connectivity index (χ2v) is 4.93. The third kappa shape index (κ3) is 4.08. The number of benzene rings is 1. The Morgan fingerprint density at radius 3 is 2.83 bits per heavy atom. The van der Waals surface area contributed by atoms with Crippen molar-refractivity contribution >= 4 is 33.2 Å². The van der Waals surface area contributed by atoms with Crippen LogP contribution >= 0.6 is 15.9 Å². The quantitative estimate of drug-likeness (QED) is 0.643. The molecule has 1 aromatic carbocycles. The molecule has 1 unspecified atom stereocenters. The van der Waals surface area contributed by atoms with Crippen LogP contribution in [0.2, 0.25) is 0 Å². The van der Waals surface area contributed by atoms with Gasteiger partial charge < -0.3 is 11.1 Å². The highest BCUT2D eigenvalue weighted by molar-refractivity contribution is 9.10. The zero-order valence-electron chi connectivity index (χ0n) is 9.85. The summed E-state index contributed by atoms with van der Waals surface area (Å²) in [5, 5.41) is 13.4. The van der Waals surface area contributed by atoms with Crippen LogP contribution in [0.3, 0.4) is 0 Å². The summed E-state index contributed by atoms with van der Waals surface area (Å²) in [6.07, 6.45) is 0.240. The average Bonchev–Trinajstić information content (AvgIpc) is 2.30. The third-order valence-electron chi connectivity index (χ3n) is 2.37. The summed E-state index contributed by atoms with van der Waals surface area (Å²) in [4.78, 5) is 22.0. The number of nitrogens with one attached hydrogen (secondary N) is 1. The van der Waals surface area contributed by atoms with Gasteiger partial charge in [0, 0.05) is 17.0 Å². The van der Waals surface area contributed by atoms with Crippen LogP contribution < -0.4 is 11.1 Å². The molecule has 0 bridgehead atoms. The summed E-state index contributed by atoms with van der Waals surface area (Å²) in [6.45, 7) is 2.24. The first-order chi connectivity index (χ1) is 8.43. The largest absolute Gasteiger partial charge is 0.330 e. The first kappa shape index (κ1) is 14.6. The van der Waals surface area contributed by atoms with Gasteiger partial charge >= 0.3 is 0 Å². The van der Waals surface area contributed by atoms with Gasteiger partial charge in [-0.15, -0.1) is 0 Å². The highest BCUT2D eigenvalue weighted by Crippen LogP contribution is 2.28. The van der Waals surface area contributed by atoms with Crippen molar-refractivity contribution in [2.45, 2.75) is 13.3 Å². The number of hydrogen-bond donors (Lipinski definition) is 2. The van der Waals surface area contributed by atoms with Crippen LogP contribution in [0.4, 0.5) is 11.4 Å². The minimum Gasteiger partial charge on any atom is -0.330 e. The number of halogens is 1. The molecule has 1 rings (SSSR count).